The van der Waals surface area contributed by atoms with Gasteiger partial charge in [-0.15, -0.1) is 11.8 Å². The Labute approximate surface area is 93.4 Å². The standard InChI is InChI=1S/C10H16O4S/c1-2-3-5-14-10(13)8-7(9(11)12)4-6-15-8/h7-8H,2-6H2,1H3,(H,11,12). The molecule has 1 aliphatic heterocycles. The minimum Gasteiger partial charge on any atom is -0.481 e. The molecule has 0 bridgehead atoms. The lowest BCUT2D eigenvalue weighted by atomic mass is 10.0. The van der Waals surface area contributed by atoms with E-state index in [0.717, 1.165) is 18.6 Å². The van der Waals surface area contributed by atoms with E-state index in [-0.39, 0.29) is 5.97 Å². The van der Waals surface area contributed by atoms with E-state index in [9.17, 15) is 9.59 Å². The largest absolute Gasteiger partial charge is 0.481 e. The molecule has 0 radical (unpaired) electrons. The van der Waals surface area contributed by atoms with Crippen molar-refractivity contribution in [3.8, 4) is 0 Å². The lowest BCUT2D eigenvalue weighted by Gasteiger charge is -2.13. The summed E-state index contributed by atoms with van der Waals surface area (Å²) >= 11 is 1.39. The van der Waals surface area contributed by atoms with Crippen LogP contribution in [0.15, 0.2) is 0 Å². The molecule has 0 spiro atoms. The number of carbonyl (C=O) groups is 2. The zero-order chi connectivity index (χ0) is 11.3. The van der Waals surface area contributed by atoms with Crippen molar-refractivity contribution >= 4 is 23.7 Å². The van der Waals surface area contributed by atoms with Gasteiger partial charge in [-0.1, -0.05) is 13.3 Å². The first-order valence-corrected chi connectivity index (χ1v) is 6.22. The molecule has 0 amide bonds. The number of thioether (sulfide) groups is 1. The first-order chi connectivity index (χ1) is 7.16. The number of ether oxygens (including phenoxy) is 1. The second kappa shape index (κ2) is 6.00. The lowest BCUT2D eigenvalue weighted by Crippen LogP contribution is -2.30. The van der Waals surface area contributed by atoms with Crippen LogP contribution in [-0.4, -0.2) is 34.7 Å². The van der Waals surface area contributed by atoms with Crippen LogP contribution in [0.1, 0.15) is 26.2 Å². The van der Waals surface area contributed by atoms with Crippen LogP contribution in [0.5, 0.6) is 0 Å². The van der Waals surface area contributed by atoms with Gasteiger partial charge in [0.2, 0.25) is 0 Å². The van der Waals surface area contributed by atoms with Crippen LogP contribution >= 0.6 is 11.8 Å². The maximum Gasteiger partial charge on any atom is 0.319 e. The third-order valence-corrected chi connectivity index (χ3v) is 3.73. The van der Waals surface area contributed by atoms with Crippen molar-refractivity contribution in [1.82, 2.24) is 0 Å². The van der Waals surface area contributed by atoms with Gasteiger partial charge in [0.05, 0.1) is 12.5 Å². The van der Waals surface area contributed by atoms with Gasteiger partial charge in [0.1, 0.15) is 5.25 Å². The van der Waals surface area contributed by atoms with Crippen molar-refractivity contribution in [1.29, 1.82) is 0 Å². The maximum absolute atomic E-state index is 11.5. The molecule has 1 aliphatic rings. The number of hydrogen-bond acceptors (Lipinski definition) is 4. The summed E-state index contributed by atoms with van der Waals surface area (Å²) in [5, 5.41) is 8.38. The SMILES string of the molecule is CCCCOC(=O)C1SCCC1C(=O)O. The first-order valence-electron chi connectivity index (χ1n) is 5.18. The summed E-state index contributed by atoms with van der Waals surface area (Å²) in [6.45, 7) is 2.41. The number of rotatable bonds is 5. The highest BCUT2D eigenvalue weighted by Gasteiger charge is 2.39. The van der Waals surface area contributed by atoms with Gasteiger partial charge in [0.15, 0.2) is 0 Å². The van der Waals surface area contributed by atoms with Crippen LogP contribution in [-0.2, 0) is 14.3 Å². The van der Waals surface area contributed by atoms with Gasteiger partial charge < -0.3 is 9.84 Å². The topological polar surface area (TPSA) is 63.6 Å². The van der Waals surface area contributed by atoms with E-state index in [2.05, 4.69) is 0 Å². The highest BCUT2D eigenvalue weighted by atomic mass is 32.2. The van der Waals surface area contributed by atoms with Gasteiger partial charge >= 0.3 is 11.9 Å². The number of unbranched alkanes of at least 4 members (excludes halogenated alkanes) is 1. The van der Waals surface area contributed by atoms with Crippen LogP contribution in [0.25, 0.3) is 0 Å². The average molecular weight is 232 g/mol. The summed E-state index contributed by atoms with van der Waals surface area (Å²) in [4.78, 5) is 22.4. The quantitative estimate of drug-likeness (QED) is 0.575. The molecule has 4 nitrogen and oxygen atoms in total. The zero-order valence-electron chi connectivity index (χ0n) is 8.77. The molecule has 15 heavy (non-hydrogen) atoms. The summed E-state index contributed by atoms with van der Waals surface area (Å²) in [7, 11) is 0. The molecule has 0 saturated carbocycles. The molecule has 1 N–H and O–H groups in total. The Balaban J connectivity index is 2.40. The van der Waals surface area contributed by atoms with Gasteiger partial charge in [0.25, 0.3) is 0 Å². The minimum absolute atomic E-state index is 0.363. The molecule has 86 valence electrons. The van der Waals surface area contributed by atoms with Crippen molar-refractivity contribution in [2.24, 2.45) is 5.92 Å². The summed E-state index contributed by atoms with van der Waals surface area (Å²) < 4.78 is 5.02. The second-order valence-electron chi connectivity index (χ2n) is 3.55. The molecule has 1 fully saturated rings. The molecule has 1 saturated heterocycles. The Morgan fingerprint density at radius 3 is 2.87 bits per heavy atom. The van der Waals surface area contributed by atoms with Gasteiger partial charge in [-0.25, -0.2) is 0 Å². The van der Waals surface area contributed by atoms with Crippen molar-refractivity contribution in [3.05, 3.63) is 0 Å². The predicted octanol–water partition coefficient (Wildman–Crippen LogP) is 1.54. The molecule has 0 aliphatic carbocycles. The fourth-order valence-electron chi connectivity index (χ4n) is 1.47. The first kappa shape index (κ1) is 12.4. The molecule has 5 heteroatoms. The normalized spacial score (nSPS) is 25.1. The van der Waals surface area contributed by atoms with Crippen LogP contribution in [0.3, 0.4) is 0 Å². The molecule has 0 aromatic rings. The molecule has 0 aromatic carbocycles. The smallest absolute Gasteiger partial charge is 0.319 e. The van der Waals surface area contributed by atoms with Gasteiger partial charge in [-0.05, 0) is 18.6 Å². The molecule has 1 rings (SSSR count). The highest BCUT2D eigenvalue weighted by molar-refractivity contribution is 8.00. The third kappa shape index (κ3) is 3.41. The maximum atomic E-state index is 11.5. The van der Waals surface area contributed by atoms with Crippen molar-refractivity contribution < 1.29 is 19.4 Å². The lowest BCUT2D eigenvalue weighted by molar-refractivity contribution is -0.150. The van der Waals surface area contributed by atoms with Gasteiger partial charge in [0, 0.05) is 0 Å². The van der Waals surface area contributed by atoms with Crippen molar-refractivity contribution in [2.45, 2.75) is 31.4 Å². The van der Waals surface area contributed by atoms with Crippen LogP contribution < -0.4 is 0 Å². The molecule has 0 aromatic heterocycles. The fraction of sp³-hybridized carbons (Fsp3) is 0.800. The number of carboxylic acids is 1. The van der Waals surface area contributed by atoms with Crippen LogP contribution in [0.2, 0.25) is 0 Å². The molecule has 2 atom stereocenters. The Morgan fingerprint density at radius 2 is 2.27 bits per heavy atom. The number of carbonyl (C=O) groups excluding carboxylic acids is 1. The van der Waals surface area contributed by atoms with E-state index in [4.69, 9.17) is 9.84 Å². The Morgan fingerprint density at radius 1 is 1.53 bits per heavy atom. The van der Waals surface area contributed by atoms with E-state index in [1.165, 1.54) is 11.8 Å². The van der Waals surface area contributed by atoms with Gasteiger partial charge in [-0.2, -0.15) is 0 Å². The van der Waals surface area contributed by atoms with Crippen LogP contribution in [0, 0.1) is 5.92 Å². The summed E-state index contributed by atoms with van der Waals surface area (Å²) in [5.74, 6) is -1.09. The Kier molecular flexibility index (Phi) is 4.94. The average Bonchev–Trinajstić information content (AvgIpc) is 2.66. The van der Waals surface area contributed by atoms with Crippen LogP contribution in [0.4, 0.5) is 0 Å². The second-order valence-corrected chi connectivity index (χ2v) is 4.80. The summed E-state index contributed by atoms with van der Waals surface area (Å²) in [6.07, 6.45) is 2.36. The number of carboxylic acid groups (broad SMARTS) is 1. The van der Waals surface area contributed by atoms with Crippen molar-refractivity contribution in [2.75, 3.05) is 12.4 Å². The summed E-state index contributed by atoms with van der Waals surface area (Å²) in [5.41, 5.74) is 0. The molecule has 2 unspecified atom stereocenters. The Bertz CT molecular complexity index is 242. The van der Waals surface area contributed by atoms with E-state index in [1.807, 2.05) is 6.92 Å². The number of aliphatic carboxylic acids is 1. The monoisotopic (exact) mass is 232 g/mol. The zero-order valence-corrected chi connectivity index (χ0v) is 9.59. The third-order valence-electron chi connectivity index (χ3n) is 2.38. The van der Waals surface area contributed by atoms with E-state index in [0.29, 0.717) is 13.0 Å². The molecule has 1 heterocycles. The number of hydrogen-bond donors (Lipinski definition) is 1. The van der Waals surface area contributed by atoms with E-state index in [1.54, 1.807) is 0 Å². The van der Waals surface area contributed by atoms with E-state index >= 15 is 0 Å². The van der Waals surface area contributed by atoms with Gasteiger partial charge in [-0.3, -0.25) is 9.59 Å². The number of esters is 1. The molecular formula is C10H16O4S. The Hall–Kier alpha value is -0.710. The fourth-order valence-corrected chi connectivity index (χ4v) is 2.81. The highest BCUT2D eigenvalue weighted by Crippen LogP contribution is 2.33. The van der Waals surface area contributed by atoms with Crippen molar-refractivity contribution in [3.63, 3.8) is 0 Å². The summed E-state index contributed by atoms with van der Waals surface area (Å²) in [6, 6.07) is 0. The molecular weight excluding hydrogens is 216 g/mol. The van der Waals surface area contributed by atoms with E-state index < -0.39 is 17.1 Å². The minimum atomic E-state index is -0.891. The predicted molar refractivity (Wildman–Crippen MR) is 57.9 cm³/mol.